The molecule has 0 saturated carbocycles. The van der Waals surface area contributed by atoms with Gasteiger partial charge in [-0.15, -0.1) is 0 Å². The molecule has 2 saturated heterocycles. The molecule has 0 aliphatic carbocycles. The zero-order valence-corrected chi connectivity index (χ0v) is 17.7. The van der Waals surface area contributed by atoms with Crippen LogP contribution < -0.4 is 9.80 Å². The number of carbonyl (C=O) groups is 1. The van der Waals surface area contributed by atoms with Crippen LogP contribution in [0.25, 0.3) is 0 Å². The first-order valence-corrected chi connectivity index (χ1v) is 10.8. The highest BCUT2D eigenvalue weighted by molar-refractivity contribution is 6.06. The second kappa shape index (κ2) is 7.69. The van der Waals surface area contributed by atoms with E-state index in [0.29, 0.717) is 25.9 Å². The van der Waals surface area contributed by atoms with Crippen molar-refractivity contribution in [1.29, 1.82) is 0 Å². The van der Waals surface area contributed by atoms with E-state index >= 15 is 0 Å². The van der Waals surface area contributed by atoms with Gasteiger partial charge < -0.3 is 14.4 Å². The predicted octanol–water partition coefficient (Wildman–Crippen LogP) is 3.10. The summed E-state index contributed by atoms with van der Waals surface area (Å²) in [5, 5.41) is 0. The maximum absolute atomic E-state index is 13.5. The summed E-state index contributed by atoms with van der Waals surface area (Å²) < 4.78 is 11.9. The number of piperazine rings is 1. The van der Waals surface area contributed by atoms with E-state index in [1.165, 1.54) is 11.3 Å². The van der Waals surface area contributed by atoms with Crippen molar-refractivity contribution in [2.24, 2.45) is 0 Å². The Morgan fingerprint density at radius 3 is 2.63 bits per heavy atom. The first-order chi connectivity index (χ1) is 14.6. The SMILES string of the molecule is Cc1cccc(N2CCN(CN3C(=O)C4(OCCCO4)c4ccccc43)CC2C)c1. The summed E-state index contributed by atoms with van der Waals surface area (Å²) in [5.41, 5.74) is 4.28. The predicted molar refractivity (Wildman–Crippen MR) is 117 cm³/mol. The van der Waals surface area contributed by atoms with Crippen molar-refractivity contribution in [2.75, 3.05) is 49.3 Å². The van der Waals surface area contributed by atoms with Gasteiger partial charge in [0.15, 0.2) is 0 Å². The van der Waals surface area contributed by atoms with E-state index < -0.39 is 5.79 Å². The van der Waals surface area contributed by atoms with Crippen molar-refractivity contribution in [3.63, 3.8) is 0 Å². The number of fused-ring (bicyclic) bond motifs is 2. The molecule has 3 aliphatic heterocycles. The zero-order chi connectivity index (χ0) is 20.7. The van der Waals surface area contributed by atoms with Crippen molar-refractivity contribution in [3.05, 3.63) is 59.7 Å². The summed E-state index contributed by atoms with van der Waals surface area (Å²) >= 11 is 0. The third kappa shape index (κ3) is 3.20. The Morgan fingerprint density at radius 2 is 1.87 bits per heavy atom. The van der Waals surface area contributed by atoms with Gasteiger partial charge in [-0.3, -0.25) is 14.6 Å². The van der Waals surface area contributed by atoms with E-state index in [1.807, 2.05) is 29.2 Å². The number of carbonyl (C=O) groups excluding carboxylic acids is 1. The summed E-state index contributed by atoms with van der Waals surface area (Å²) in [6.45, 7) is 8.76. The van der Waals surface area contributed by atoms with E-state index in [4.69, 9.17) is 9.47 Å². The molecule has 2 aromatic rings. The van der Waals surface area contributed by atoms with Crippen LogP contribution in [0.4, 0.5) is 11.4 Å². The standard InChI is InChI=1S/C24H29N3O3/c1-18-7-5-8-20(15-18)26-12-11-25(16-19(26)2)17-27-22-10-4-3-9-21(22)24(23(27)28)29-13-6-14-30-24/h3-5,7-10,15,19H,6,11-14,16-17H2,1-2H3. The maximum Gasteiger partial charge on any atom is 0.293 e. The minimum Gasteiger partial charge on any atom is -0.366 e. The zero-order valence-electron chi connectivity index (χ0n) is 17.7. The number of amides is 1. The van der Waals surface area contributed by atoms with Crippen LogP contribution in [0.5, 0.6) is 0 Å². The number of hydrogen-bond donors (Lipinski definition) is 0. The fraction of sp³-hybridized carbons (Fsp3) is 0.458. The van der Waals surface area contributed by atoms with Gasteiger partial charge in [-0.2, -0.15) is 0 Å². The highest BCUT2D eigenvalue weighted by atomic mass is 16.7. The normalized spacial score (nSPS) is 23.8. The molecule has 2 fully saturated rings. The lowest BCUT2D eigenvalue weighted by atomic mass is 10.1. The van der Waals surface area contributed by atoms with Crippen molar-refractivity contribution in [1.82, 2.24) is 4.90 Å². The average Bonchev–Trinajstić information content (AvgIpc) is 2.97. The van der Waals surface area contributed by atoms with E-state index in [-0.39, 0.29) is 5.91 Å². The van der Waals surface area contributed by atoms with Gasteiger partial charge in [0.05, 0.1) is 25.6 Å². The minimum absolute atomic E-state index is 0.0998. The number of hydrogen-bond acceptors (Lipinski definition) is 5. The summed E-state index contributed by atoms with van der Waals surface area (Å²) in [6, 6.07) is 16.9. The molecule has 1 atom stereocenters. The quantitative estimate of drug-likeness (QED) is 0.782. The molecule has 0 aromatic heterocycles. The van der Waals surface area contributed by atoms with Gasteiger partial charge in [-0.1, -0.05) is 30.3 Å². The van der Waals surface area contributed by atoms with Crippen LogP contribution in [-0.2, 0) is 20.1 Å². The van der Waals surface area contributed by atoms with E-state index in [0.717, 1.165) is 37.3 Å². The third-order valence-corrected chi connectivity index (χ3v) is 6.36. The Labute approximate surface area is 178 Å². The van der Waals surface area contributed by atoms with Crippen molar-refractivity contribution >= 4 is 17.3 Å². The lowest BCUT2D eigenvalue weighted by Gasteiger charge is -2.42. The second-order valence-electron chi connectivity index (χ2n) is 8.52. The summed E-state index contributed by atoms with van der Waals surface area (Å²) in [7, 11) is 0. The first-order valence-electron chi connectivity index (χ1n) is 10.8. The molecule has 30 heavy (non-hydrogen) atoms. The molecule has 3 aliphatic rings. The molecule has 5 rings (SSSR count). The van der Waals surface area contributed by atoms with Crippen LogP contribution in [0.15, 0.2) is 48.5 Å². The molecule has 1 amide bonds. The van der Waals surface area contributed by atoms with Gasteiger partial charge in [0, 0.05) is 36.9 Å². The summed E-state index contributed by atoms with van der Waals surface area (Å²) in [4.78, 5) is 20.1. The van der Waals surface area contributed by atoms with Crippen LogP contribution in [0.2, 0.25) is 0 Å². The van der Waals surface area contributed by atoms with E-state index in [2.05, 4.69) is 47.9 Å². The molecule has 158 valence electrons. The van der Waals surface area contributed by atoms with Crippen LogP contribution in [0.1, 0.15) is 24.5 Å². The lowest BCUT2D eigenvalue weighted by Crippen LogP contribution is -2.56. The number of para-hydroxylation sites is 1. The average molecular weight is 408 g/mol. The lowest BCUT2D eigenvalue weighted by molar-refractivity contribution is -0.256. The fourth-order valence-corrected chi connectivity index (χ4v) is 4.89. The van der Waals surface area contributed by atoms with Crippen LogP contribution in [0, 0.1) is 6.92 Å². The highest BCUT2D eigenvalue weighted by Gasteiger charge is 2.55. The topological polar surface area (TPSA) is 45.2 Å². The van der Waals surface area contributed by atoms with Crippen LogP contribution >= 0.6 is 0 Å². The minimum atomic E-state index is -1.26. The van der Waals surface area contributed by atoms with Gasteiger partial charge in [-0.05, 0) is 44.0 Å². The Bertz CT molecular complexity index is 941. The summed E-state index contributed by atoms with van der Waals surface area (Å²) in [6.07, 6.45) is 0.815. The van der Waals surface area contributed by atoms with Gasteiger partial charge in [0.25, 0.3) is 11.7 Å². The number of nitrogens with zero attached hydrogens (tertiary/aromatic N) is 3. The van der Waals surface area contributed by atoms with Gasteiger partial charge in [0.2, 0.25) is 0 Å². The Kier molecular flexibility index (Phi) is 5.01. The molecule has 6 nitrogen and oxygen atoms in total. The molecule has 2 aromatic carbocycles. The fourth-order valence-electron chi connectivity index (χ4n) is 4.89. The molecule has 0 radical (unpaired) electrons. The number of ether oxygens (including phenoxy) is 2. The monoisotopic (exact) mass is 407 g/mol. The molecule has 0 N–H and O–H groups in total. The largest absolute Gasteiger partial charge is 0.366 e. The molecular weight excluding hydrogens is 378 g/mol. The highest BCUT2D eigenvalue weighted by Crippen LogP contribution is 2.45. The Balaban J connectivity index is 1.34. The van der Waals surface area contributed by atoms with Crippen molar-refractivity contribution in [2.45, 2.75) is 32.1 Å². The van der Waals surface area contributed by atoms with Crippen LogP contribution in [-0.4, -0.2) is 56.4 Å². The van der Waals surface area contributed by atoms with Crippen molar-refractivity contribution < 1.29 is 14.3 Å². The van der Waals surface area contributed by atoms with Crippen molar-refractivity contribution in [3.8, 4) is 0 Å². The molecule has 0 bridgehead atoms. The van der Waals surface area contributed by atoms with E-state index in [1.54, 1.807) is 0 Å². The number of benzene rings is 2. The summed E-state index contributed by atoms with van der Waals surface area (Å²) in [5.74, 6) is -1.36. The van der Waals surface area contributed by atoms with E-state index in [9.17, 15) is 4.79 Å². The number of rotatable bonds is 3. The molecule has 3 heterocycles. The maximum atomic E-state index is 13.5. The molecule has 1 unspecified atom stereocenters. The first kappa shape index (κ1) is 19.5. The van der Waals surface area contributed by atoms with Gasteiger partial charge >= 0.3 is 0 Å². The van der Waals surface area contributed by atoms with Gasteiger partial charge in [-0.25, -0.2) is 0 Å². The smallest absolute Gasteiger partial charge is 0.293 e. The number of aryl methyl sites for hydroxylation is 1. The Hall–Kier alpha value is -2.41. The third-order valence-electron chi connectivity index (χ3n) is 6.36. The second-order valence-corrected chi connectivity index (χ2v) is 8.52. The van der Waals surface area contributed by atoms with Gasteiger partial charge in [0.1, 0.15) is 0 Å². The Morgan fingerprint density at radius 1 is 1.07 bits per heavy atom. The molecule has 1 spiro atoms. The van der Waals surface area contributed by atoms with Crippen LogP contribution in [0.3, 0.4) is 0 Å². The molecular formula is C24H29N3O3. The molecule has 6 heteroatoms. The number of anilines is 2.